The number of urea groups is 1. The molecule has 0 aliphatic carbocycles. The van der Waals surface area contributed by atoms with Crippen molar-refractivity contribution in [2.75, 3.05) is 16.3 Å². The van der Waals surface area contributed by atoms with Gasteiger partial charge < -0.3 is 0 Å². The molecule has 1 atom stereocenters. The Kier molecular flexibility index (Phi) is 4.07. The summed E-state index contributed by atoms with van der Waals surface area (Å²) >= 11 is 0. The first kappa shape index (κ1) is 17.7. The van der Waals surface area contributed by atoms with E-state index in [4.69, 9.17) is 0 Å². The summed E-state index contributed by atoms with van der Waals surface area (Å²) in [6, 6.07) is 8.35. The number of hydrogen-bond donors (Lipinski definition) is 0. The number of alkyl halides is 3. The van der Waals surface area contributed by atoms with Crippen LogP contribution in [0.25, 0.3) is 10.8 Å². The smallest absolute Gasteiger partial charge is 0.273 e. The fraction of sp³-hybridized carbons (Fsp3) is 0.167. The lowest BCUT2D eigenvalue weighted by Gasteiger charge is -2.20. The maximum absolute atomic E-state index is 13.0. The normalized spacial score (nSPS) is 17.2. The van der Waals surface area contributed by atoms with E-state index < -0.39 is 23.8 Å². The van der Waals surface area contributed by atoms with Crippen LogP contribution in [0.1, 0.15) is 5.56 Å². The highest BCUT2D eigenvalue weighted by molar-refractivity contribution is 6.11. The molecule has 1 aliphatic rings. The Bertz CT molecular complexity index is 1100. The standard InChI is InChI=1S/C18H11F3N6O/c19-18(20,21)12-5-16(25-24-8-12)26-10-13(6-22)27(17(26)28)15-9-23-7-11-3-1-2-4-14(11)15/h1-5,7-9,13H,10H2/t13-/m0/s1. The van der Waals surface area contributed by atoms with Crippen molar-refractivity contribution in [1.82, 2.24) is 15.2 Å². The number of anilines is 2. The van der Waals surface area contributed by atoms with Gasteiger partial charge in [0.25, 0.3) is 0 Å². The summed E-state index contributed by atoms with van der Waals surface area (Å²) in [5.74, 6) is -0.268. The van der Waals surface area contributed by atoms with Gasteiger partial charge in [0.15, 0.2) is 5.82 Å². The monoisotopic (exact) mass is 384 g/mol. The van der Waals surface area contributed by atoms with Gasteiger partial charge in [-0.1, -0.05) is 24.3 Å². The Labute approximate surface area is 156 Å². The fourth-order valence-corrected chi connectivity index (χ4v) is 3.09. The van der Waals surface area contributed by atoms with E-state index in [0.717, 1.165) is 16.4 Å². The van der Waals surface area contributed by atoms with Crippen molar-refractivity contribution in [2.45, 2.75) is 12.2 Å². The summed E-state index contributed by atoms with van der Waals surface area (Å²) in [5.41, 5.74) is -0.624. The van der Waals surface area contributed by atoms with Crippen molar-refractivity contribution in [3.05, 3.63) is 54.5 Å². The lowest BCUT2D eigenvalue weighted by Crippen LogP contribution is -2.35. The second-order valence-electron chi connectivity index (χ2n) is 6.09. The number of halogens is 3. The Morgan fingerprint density at radius 2 is 1.96 bits per heavy atom. The van der Waals surface area contributed by atoms with E-state index in [-0.39, 0.29) is 12.4 Å². The molecule has 10 heteroatoms. The molecule has 0 spiro atoms. The van der Waals surface area contributed by atoms with Crippen molar-refractivity contribution in [2.24, 2.45) is 0 Å². The third kappa shape index (κ3) is 2.87. The van der Waals surface area contributed by atoms with E-state index in [1.54, 1.807) is 18.3 Å². The number of pyridine rings is 1. The molecule has 2 amide bonds. The quantitative estimate of drug-likeness (QED) is 0.676. The van der Waals surface area contributed by atoms with E-state index in [1.807, 2.05) is 18.2 Å². The van der Waals surface area contributed by atoms with Crippen LogP contribution in [0.4, 0.5) is 29.5 Å². The van der Waals surface area contributed by atoms with Crippen LogP contribution in [0.3, 0.4) is 0 Å². The van der Waals surface area contributed by atoms with E-state index in [0.29, 0.717) is 17.3 Å². The van der Waals surface area contributed by atoms with Crippen LogP contribution >= 0.6 is 0 Å². The van der Waals surface area contributed by atoms with Crippen LogP contribution in [0.15, 0.2) is 48.9 Å². The molecule has 0 radical (unpaired) electrons. The molecule has 0 saturated carbocycles. The van der Waals surface area contributed by atoms with Crippen LogP contribution in [-0.4, -0.2) is 33.8 Å². The third-order valence-corrected chi connectivity index (χ3v) is 4.41. The average Bonchev–Trinajstić information content (AvgIpc) is 3.03. The molecule has 0 bridgehead atoms. The molecular weight excluding hydrogens is 373 g/mol. The number of nitrogens with zero attached hydrogens (tertiary/aromatic N) is 6. The van der Waals surface area contributed by atoms with Crippen molar-refractivity contribution in [1.29, 1.82) is 5.26 Å². The van der Waals surface area contributed by atoms with Crippen molar-refractivity contribution in [3.63, 3.8) is 0 Å². The lowest BCUT2D eigenvalue weighted by atomic mass is 10.1. The van der Waals surface area contributed by atoms with E-state index >= 15 is 0 Å². The molecule has 140 valence electrons. The topological polar surface area (TPSA) is 86.0 Å². The molecule has 7 nitrogen and oxygen atoms in total. The summed E-state index contributed by atoms with van der Waals surface area (Å²) in [6.45, 7) is -0.144. The van der Waals surface area contributed by atoms with Gasteiger partial charge in [-0.2, -0.15) is 23.5 Å². The number of carbonyl (C=O) groups is 1. The van der Waals surface area contributed by atoms with Gasteiger partial charge in [0.1, 0.15) is 6.04 Å². The van der Waals surface area contributed by atoms with Gasteiger partial charge in [-0.3, -0.25) is 14.8 Å². The predicted octanol–water partition coefficient (Wildman–Crippen LogP) is 3.38. The Morgan fingerprint density at radius 3 is 2.71 bits per heavy atom. The maximum atomic E-state index is 13.0. The maximum Gasteiger partial charge on any atom is 0.418 e. The summed E-state index contributed by atoms with van der Waals surface area (Å²) in [5, 5.41) is 18.0. The van der Waals surface area contributed by atoms with Gasteiger partial charge >= 0.3 is 12.2 Å². The SMILES string of the molecule is N#C[C@H]1CN(c2cc(C(F)(F)F)cnn2)C(=O)N1c1cncc2ccccc12. The minimum Gasteiger partial charge on any atom is -0.273 e. The molecule has 28 heavy (non-hydrogen) atoms. The first-order valence-corrected chi connectivity index (χ1v) is 8.13. The molecule has 0 unspecified atom stereocenters. The molecule has 2 aromatic heterocycles. The number of benzene rings is 1. The number of aromatic nitrogens is 3. The van der Waals surface area contributed by atoms with Gasteiger partial charge in [0.2, 0.25) is 0 Å². The van der Waals surface area contributed by atoms with Crippen molar-refractivity contribution < 1.29 is 18.0 Å². The molecule has 1 saturated heterocycles. The summed E-state index contributed by atoms with van der Waals surface area (Å²) in [7, 11) is 0. The number of amides is 2. The fourth-order valence-electron chi connectivity index (χ4n) is 3.09. The highest BCUT2D eigenvalue weighted by atomic mass is 19.4. The first-order chi connectivity index (χ1) is 13.4. The summed E-state index contributed by atoms with van der Waals surface area (Å²) < 4.78 is 38.9. The van der Waals surface area contributed by atoms with Gasteiger partial charge in [0.05, 0.1) is 36.3 Å². The van der Waals surface area contributed by atoms with Gasteiger partial charge in [-0.05, 0) is 6.07 Å². The third-order valence-electron chi connectivity index (χ3n) is 4.41. The molecule has 0 N–H and O–H groups in total. The first-order valence-electron chi connectivity index (χ1n) is 8.13. The Hall–Kier alpha value is -3.74. The molecule has 3 heterocycles. The van der Waals surface area contributed by atoms with Crippen LogP contribution in [0, 0.1) is 11.3 Å². The molecular formula is C18H11F3N6O. The van der Waals surface area contributed by atoms with Gasteiger partial charge in [-0.15, -0.1) is 5.10 Å². The molecule has 1 fully saturated rings. The van der Waals surface area contributed by atoms with Gasteiger partial charge in [-0.25, -0.2) is 4.79 Å². The average molecular weight is 384 g/mol. The minimum absolute atomic E-state index is 0.144. The van der Waals surface area contributed by atoms with Crippen LogP contribution < -0.4 is 9.80 Å². The zero-order valence-electron chi connectivity index (χ0n) is 14.1. The van der Waals surface area contributed by atoms with Crippen LogP contribution in [0.5, 0.6) is 0 Å². The number of nitriles is 1. The predicted molar refractivity (Wildman–Crippen MR) is 93.4 cm³/mol. The Balaban J connectivity index is 1.78. The summed E-state index contributed by atoms with van der Waals surface area (Å²) in [4.78, 5) is 19.3. The van der Waals surface area contributed by atoms with Crippen LogP contribution in [0.2, 0.25) is 0 Å². The highest BCUT2D eigenvalue weighted by Crippen LogP contribution is 2.34. The molecule has 3 aromatic rings. The number of rotatable bonds is 2. The van der Waals surface area contributed by atoms with E-state index in [2.05, 4.69) is 15.2 Å². The van der Waals surface area contributed by atoms with Gasteiger partial charge in [0, 0.05) is 17.0 Å². The van der Waals surface area contributed by atoms with Crippen LogP contribution in [-0.2, 0) is 6.18 Å². The number of fused-ring (bicyclic) bond motifs is 1. The van der Waals surface area contributed by atoms with Crippen molar-refractivity contribution in [3.8, 4) is 6.07 Å². The second-order valence-corrected chi connectivity index (χ2v) is 6.09. The molecule has 1 aromatic carbocycles. The number of hydrogen-bond acceptors (Lipinski definition) is 5. The molecule has 4 rings (SSSR count). The summed E-state index contributed by atoms with van der Waals surface area (Å²) in [6.07, 6.45) is -0.970. The molecule has 1 aliphatic heterocycles. The number of carbonyl (C=O) groups excluding carboxylic acids is 1. The zero-order valence-corrected chi connectivity index (χ0v) is 14.1. The second kappa shape index (κ2) is 6.45. The lowest BCUT2D eigenvalue weighted by molar-refractivity contribution is -0.137. The highest BCUT2D eigenvalue weighted by Gasteiger charge is 2.42. The van der Waals surface area contributed by atoms with Crippen molar-refractivity contribution >= 4 is 28.3 Å². The van der Waals surface area contributed by atoms with E-state index in [1.165, 1.54) is 11.1 Å². The largest absolute Gasteiger partial charge is 0.418 e. The zero-order chi connectivity index (χ0) is 19.9. The minimum atomic E-state index is -4.62. The Morgan fingerprint density at radius 1 is 1.18 bits per heavy atom. The van der Waals surface area contributed by atoms with E-state index in [9.17, 15) is 23.2 Å².